The Labute approximate surface area is 134 Å². The number of hydrogen-bond donors (Lipinski definition) is 1. The Kier molecular flexibility index (Phi) is 5.12. The Morgan fingerprint density at radius 2 is 1.95 bits per heavy atom. The summed E-state index contributed by atoms with van der Waals surface area (Å²) in [5.74, 6) is 2.81. The third kappa shape index (κ3) is 3.16. The van der Waals surface area contributed by atoms with Gasteiger partial charge < -0.3 is 14.5 Å². The minimum atomic E-state index is 0.106. The van der Waals surface area contributed by atoms with Gasteiger partial charge in [0.2, 0.25) is 0 Å². The van der Waals surface area contributed by atoms with Crippen molar-refractivity contribution in [1.82, 2.24) is 5.32 Å². The number of ether oxygens (including phenoxy) is 1. The average Bonchev–Trinajstić information content (AvgIpc) is 2.69. The van der Waals surface area contributed by atoms with E-state index in [0.717, 1.165) is 21.7 Å². The zero-order chi connectivity index (χ0) is 15.6. The van der Waals surface area contributed by atoms with Crippen LogP contribution in [0.5, 0.6) is 5.75 Å². The van der Waals surface area contributed by atoms with Crippen molar-refractivity contribution in [2.75, 3.05) is 13.7 Å². The molecule has 0 aliphatic carbocycles. The predicted octanol–water partition coefficient (Wildman–Crippen LogP) is 4.67. The average molecular weight is 352 g/mol. The number of furan rings is 1. The molecule has 3 nitrogen and oxygen atoms in total. The van der Waals surface area contributed by atoms with Crippen LogP contribution in [0.15, 0.2) is 27.1 Å². The van der Waals surface area contributed by atoms with Gasteiger partial charge in [0.25, 0.3) is 0 Å². The molecule has 1 aromatic carbocycles. The van der Waals surface area contributed by atoms with Gasteiger partial charge in [-0.25, -0.2) is 0 Å². The smallest absolute Gasteiger partial charge is 0.133 e. The van der Waals surface area contributed by atoms with Crippen LogP contribution in [-0.4, -0.2) is 13.7 Å². The van der Waals surface area contributed by atoms with E-state index in [9.17, 15) is 0 Å². The minimum absolute atomic E-state index is 0.106. The summed E-state index contributed by atoms with van der Waals surface area (Å²) in [5, 5.41) is 3.39. The summed E-state index contributed by atoms with van der Waals surface area (Å²) in [6.45, 7) is 8.77. The Balaban J connectivity index is 2.44. The van der Waals surface area contributed by atoms with Crippen LogP contribution in [0.1, 0.15) is 41.2 Å². The molecule has 0 spiro atoms. The van der Waals surface area contributed by atoms with Crippen molar-refractivity contribution in [2.24, 2.45) is 0 Å². The predicted molar refractivity (Wildman–Crippen MR) is 89.1 cm³/mol. The molecule has 1 N–H and O–H groups in total. The fraction of sp³-hybridized carbons (Fsp3) is 0.412. The third-order valence-electron chi connectivity index (χ3n) is 3.78. The maximum Gasteiger partial charge on any atom is 0.133 e. The number of halogens is 1. The number of hydrogen-bond acceptors (Lipinski definition) is 3. The van der Waals surface area contributed by atoms with E-state index in [4.69, 9.17) is 9.15 Å². The molecule has 114 valence electrons. The highest BCUT2D eigenvalue weighted by Gasteiger charge is 2.22. The van der Waals surface area contributed by atoms with E-state index >= 15 is 0 Å². The van der Waals surface area contributed by atoms with Crippen molar-refractivity contribution >= 4 is 15.9 Å². The molecule has 2 rings (SSSR count). The summed E-state index contributed by atoms with van der Waals surface area (Å²) in [4.78, 5) is 0. The van der Waals surface area contributed by atoms with Gasteiger partial charge in [-0.15, -0.1) is 0 Å². The highest BCUT2D eigenvalue weighted by Crippen LogP contribution is 2.34. The largest absolute Gasteiger partial charge is 0.493 e. The van der Waals surface area contributed by atoms with Crippen LogP contribution in [0, 0.1) is 20.8 Å². The molecular formula is C17H22BrNO2. The van der Waals surface area contributed by atoms with Crippen molar-refractivity contribution < 1.29 is 9.15 Å². The van der Waals surface area contributed by atoms with Crippen LogP contribution in [0.4, 0.5) is 0 Å². The quantitative estimate of drug-likeness (QED) is 0.849. The summed E-state index contributed by atoms with van der Waals surface area (Å²) in [6, 6.07) is 6.31. The third-order valence-corrected chi connectivity index (χ3v) is 4.40. The van der Waals surface area contributed by atoms with Crippen LogP contribution in [-0.2, 0) is 0 Å². The SMILES string of the molecule is CCOc1ccc(C(NC)c2c(C)oc(C)c2C)cc1Br. The monoisotopic (exact) mass is 351 g/mol. The van der Waals surface area contributed by atoms with Gasteiger partial charge in [0, 0.05) is 5.56 Å². The van der Waals surface area contributed by atoms with Gasteiger partial charge in [0.05, 0.1) is 17.1 Å². The van der Waals surface area contributed by atoms with Gasteiger partial charge in [0.15, 0.2) is 0 Å². The van der Waals surface area contributed by atoms with E-state index < -0.39 is 0 Å². The molecule has 2 aromatic rings. The first-order valence-corrected chi connectivity index (χ1v) is 7.94. The lowest BCUT2D eigenvalue weighted by atomic mass is 9.95. The second-order valence-corrected chi connectivity index (χ2v) is 5.95. The van der Waals surface area contributed by atoms with Gasteiger partial charge in [-0.2, -0.15) is 0 Å². The zero-order valence-corrected chi connectivity index (χ0v) is 14.8. The van der Waals surface area contributed by atoms with Gasteiger partial charge >= 0.3 is 0 Å². The van der Waals surface area contributed by atoms with Crippen LogP contribution in [0.25, 0.3) is 0 Å². The Hall–Kier alpha value is -1.26. The van der Waals surface area contributed by atoms with E-state index in [0.29, 0.717) is 6.61 Å². The summed E-state index contributed by atoms with van der Waals surface area (Å²) < 4.78 is 12.3. The van der Waals surface area contributed by atoms with E-state index in [2.05, 4.69) is 40.3 Å². The molecule has 0 aliphatic heterocycles. The zero-order valence-electron chi connectivity index (χ0n) is 13.2. The lowest BCUT2D eigenvalue weighted by Gasteiger charge is -2.19. The first-order chi connectivity index (χ1) is 9.99. The van der Waals surface area contributed by atoms with Crippen molar-refractivity contribution in [3.8, 4) is 5.75 Å². The van der Waals surface area contributed by atoms with Gasteiger partial charge in [0.1, 0.15) is 17.3 Å². The molecule has 1 atom stereocenters. The van der Waals surface area contributed by atoms with Gasteiger partial charge in [-0.3, -0.25) is 0 Å². The maximum absolute atomic E-state index is 5.77. The topological polar surface area (TPSA) is 34.4 Å². The lowest BCUT2D eigenvalue weighted by molar-refractivity contribution is 0.338. The van der Waals surface area contributed by atoms with E-state index in [1.54, 1.807) is 0 Å². The van der Waals surface area contributed by atoms with E-state index in [1.165, 1.54) is 16.7 Å². The van der Waals surface area contributed by atoms with Gasteiger partial charge in [-0.1, -0.05) is 6.07 Å². The fourth-order valence-corrected chi connectivity index (χ4v) is 3.19. The Morgan fingerprint density at radius 3 is 2.43 bits per heavy atom. The summed E-state index contributed by atoms with van der Waals surface area (Å²) in [6.07, 6.45) is 0. The van der Waals surface area contributed by atoms with Crippen molar-refractivity contribution in [3.63, 3.8) is 0 Å². The summed E-state index contributed by atoms with van der Waals surface area (Å²) in [5.41, 5.74) is 3.60. The highest BCUT2D eigenvalue weighted by atomic mass is 79.9. The van der Waals surface area contributed by atoms with Crippen LogP contribution < -0.4 is 10.1 Å². The van der Waals surface area contributed by atoms with Gasteiger partial charge in [-0.05, 0) is 73.9 Å². The van der Waals surface area contributed by atoms with E-state index in [1.807, 2.05) is 33.9 Å². The molecule has 1 heterocycles. The van der Waals surface area contributed by atoms with E-state index in [-0.39, 0.29) is 6.04 Å². The Bertz CT molecular complexity index is 634. The maximum atomic E-state index is 5.77. The van der Waals surface area contributed by atoms with Crippen molar-refractivity contribution in [3.05, 3.63) is 50.9 Å². The lowest BCUT2D eigenvalue weighted by Crippen LogP contribution is -2.19. The molecule has 1 unspecified atom stereocenters. The number of aryl methyl sites for hydroxylation is 2. The fourth-order valence-electron chi connectivity index (χ4n) is 2.68. The minimum Gasteiger partial charge on any atom is -0.493 e. The first kappa shape index (κ1) is 16.1. The molecule has 0 aliphatic rings. The second-order valence-electron chi connectivity index (χ2n) is 5.10. The highest BCUT2D eigenvalue weighted by molar-refractivity contribution is 9.10. The molecule has 4 heteroatoms. The molecule has 21 heavy (non-hydrogen) atoms. The number of nitrogens with one attached hydrogen (secondary N) is 1. The standard InChI is InChI=1S/C17H22BrNO2/c1-6-20-15-8-7-13(9-14(15)18)17(19-5)16-10(2)11(3)21-12(16)4/h7-9,17,19H,6H2,1-5H3. The number of rotatable bonds is 5. The molecule has 0 amide bonds. The molecule has 0 fully saturated rings. The van der Waals surface area contributed by atoms with Crippen LogP contribution >= 0.6 is 15.9 Å². The van der Waals surface area contributed by atoms with Crippen molar-refractivity contribution in [2.45, 2.75) is 33.7 Å². The normalized spacial score (nSPS) is 12.5. The first-order valence-electron chi connectivity index (χ1n) is 7.15. The Morgan fingerprint density at radius 1 is 1.24 bits per heavy atom. The molecule has 0 bridgehead atoms. The number of benzene rings is 1. The molecular weight excluding hydrogens is 330 g/mol. The van der Waals surface area contributed by atoms with Crippen LogP contribution in [0.3, 0.4) is 0 Å². The summed E-state index contributed by atoms with van der Waals surface area (Å²) in [7, 11) is 1.97. The summed E-state index contributed by atoms with van der Waals surface area (Å²) >= 11 is 3.58. The molecule has 1 aromatic heterocycles. The second kappa shape index (κ2) is 6.67. The molecule has 0 radical (unpaired) electrons. The molecule has 0 saturated carbocycles. The van der Waals surface area contributed by atoms with Crippen molar-refractivity contribution in [1.29, 1.82) is 0 Å². The molecule has 0 saturated heterocycles. The van der Waals surface area contributed by atoms with Crippen LogP contribution in [0.2, 0.25) is 0 Å².